The number of hydrogen-bond donors (Lipinski definition) is 2. The molecule has 0 unspecified atom stereocenters. The smallest absolute Gasteiger partial charge is 0.0319 e. The van der Waals surface area contributed by atoms with Crippen LogP contribution in [-0.4, -0.2) is 50.3 Å². The Morgan fingerprint density at radius 3 is 1.89 bits per heavy atom. The molecule has 3 heteroatoms. The van der Waals surface area contributed by atoms with Crippen LogP contribution >= 0.6 is 0 Å². The molecular weight excluding hydrogens is 116 g/mol. The van der Waals surface area contributed by atoms with Gasteiger partial charge in [0.1, 0.15) is 0 Å². The SMILES string of the molecule is CN1CCNCC1.CO. The van der Waals surface area contributed by atoms with E-state index in [1.165, 1.54) is 13.1 Å². The minimum atomic E-state index is 1.00. The number of piperazine rings is 1. The molecule has 1 aliphatic rings. The molecule has 0 aromatic heterocycles. The van der Waals surface area contributed by atoms with E-state index in [1.54, 1.807) is 0 Å². The van der Waals surface area contributed by atoms with Gasteiger partial charge >= 0.3 is 0 Å². The molecule has 0 saturated carbocycles. The van der Waals surface area contributed by atoms with Crippen molar-refractivity contribution in [2.75, 3.05) is 40.3 Å². The second kappa shape index (κ2) is 6.01. The first-order valence-electron chi connectivity index (χ1n) is 3.23. The zero-order valence-corrected chi connectivity index (χ0v) is 6.22. The number of aliphatic hydroxyl groups is 1. The number of nitrogens with zero attached hydrogens (tertiary/aromatic N) is 1. The Hall–Kier alpha value is -0.120. The predicted octanol–water partition coefficient (Wildman–Crippen LogP) is -0.870. The largest absolute Gasteiger partial charge is 0.400 e. The van der Waals surface area contributed by atoms with Gasteiger partial charge in [0.05, 0.1) is 0 Å². The molecule has 0 atom stereocenters. The summed E-state index contributed by atoms with van der Waals surface area (Å²) in [6.45, 7) is 4.74. The van der Waals surface area contributed by atoms with E-state index < -0.39 is 0 Å². The average Bonchev–Trinajstić information content (AvgIpc) is 1.94. The molecule has 1 heterocycles. The van der Waals surface area contributed by atoms with E-state index >= 15 is 0 Å². The summed E-state index contributed by atoms with van der Waals surface area (Å²) in [4.78, 5) is 2.33. The van der Waals surface area contributed by atoms with Gasteiger partial charge in [-0.05, 0) is 7.05 Å². The molecule has 0 radical (unpaired) electrons. The Labute approximate surface area is 56.7 Å². The predicted molar refractivity (Wildman–Crippen MR) is 38.5 cm³/mol. The van der Waals surface area contributed by atoms with Crippen molar-refractivity contribution in [1.82, 2.24) is 10.2 Å². The third kappa shape index (κ3) is 4.39. The Kier molecular flexibility index (Phi) is 5.93. The summed E-state index contributed by atoms with van der Waals surface area (Å²) in [6.07, 6.45) is 0. The molecule has 0 amide bonds. The first-order valence-corrected chi connectivity index (χ1v) is 3.23. The van der Waals surface area contributed by atoms with Crippen molar-refractivity contribution in [2.24, 2.45) is 0 Å². The van der Waals surface area contributed by atoms with Crippen LogP contribution < -0.4 is 5.32 Å². The lowest BCUT2D eigenvalue weighted by Gasteiger charge is -2.21. The lowest BCUT2D eigenvalue weighted by atomic mass is 10.4. The van der Waals surface area contributed by atoms with Crippen LogP contribution in [0.4, 0.5) is 0 Å². The average molecular weight is 132 g/mol. The van der Waals surface area contributed by atoms with Gasteiger partial charge in [0.25, 0.3) is 0 Å². The summed E-state index contributed by atoms with van der Waals surface area (Å²) in [5, 5.41) is 10.3. The zero-order valence-electron chi connectivity index (χ0n) is 6.22. The molecule has 3 nitrogen and oxygen atoms in total. The quantitative estimate of drug-likeness (QED) is 0.450. The minimum absolute atomic E-state index is 1.00. The third-order valence-corrected chi connectivity index (χ3v) is 1.34. The molecule has 1 rings (SSSR count). The Bertz CT molecular complexity index is 53.0. The molecule has 0 aromatic carbocycles. The van der Waals surface area contributed by atoms with E-state index in [0.717, 1.165) is 20.2 Å². The lowest BCUT2D eigenvalue weighted by molar-refractivity contribution is 0.291. The van der Waals surface area contributed by atoms with E-state index in [-0.39, 0.29) is 0 Å². The Morgan fingerprint density at radius 2 is 1.67 bits per heavy atom. The van der Waals surface area contributed by atoms with Crippen molar-refractivity contribution in [3.05, 3.63) is 0 Å². The molecule has 1 fully saturated rings. The first-order chi connectivity index (χ1) is 4.39. The van der Waals surface area contributed by atoms with E-state index in [0.29, 0.717) is 0 Å². The highest BCUT2D eigenvalue weighted by Gasteiger charge is 2.01. The minimum Gasteiger partial charge on any atom is -0.400 e. The zero-order chi connectivity index (χ0) is 7.11. The van der Waals surface area contributed by atoms with E-state index in [4.69, 9.17) is 5.11 Å². The van der Waals surface area contributed by atoms with Crippen LogP contribution in [0.2, 0.25) is 0 Å². The van der Waals surface area contributed by atoms with Gasteiger partial charge in [-0.15, -0.1) is 0 Å². The fourth-order valence-electron chi connectivity index (χ4n) is 0.777. The van der Waals surface area contributed by atoms with Gasteiger partial charge in [0, 0.05) is 33.3 Å². The number of rotatable bonds is 0. The van der Waals surface area contributed by atoms with Crippen LogP contribution in [0.3, 0.4) is 0 Å². The molecule has 0 aromatic rings. The number of hydrogen-bond acceptors (Lipinski definition) is 3. The normalized spacial score (nSPS) is 20.3. The summed E-state index contributed by atoms with van der Waals surface area (Å²) < 4.78 is 0. The summed E-state index contributed by atoms with van der Waals surface area (Å²) in [5.74, 6) is 0. The number of aliphatic hydroxyl groups excluding tert-OH is 1. The number of nitrogens with one attached hydrogen (secondary N) is 1. The van der Waals surface area contributed by atoms with Gasteiger partial charge < -0.3 is 15.3 Å². The molecule has 1 saturated heterocycles. The van der Waals surface area contributed by atoms with Gasteiger partial charge in [0.15, 0.2) is 0 Å². The van der Waals surface area contributed by atoms with Crippen LogP contribution in [0.1, 0.15) is 0 Å². The van der Waals surface area contributed by atoms with Gasteiger partial charge in [-0.1, -0.05) is 0 Å². The monoisotopic (exact) mass is 132 g/mol. The van der Waals surface area contributed by atoms with Crippen molar-refractivity contribution in [3.63, 3.8) is 0 Å². The summed E-state index contributed by atoms with van der Waals surface area (Å²) in [6, 6.07) is 0. The maximum atomic E-state index is 7.00. The fourth-order valence-corrected chi connectivity index (χ4v) is 0.777. The van der Waals surface area contributed by atoms with E-state index in [9.17, 15) is 0 Å². The highest BCUT2D eigenvalue weighted by atomic mass is 16.2. The van der Waals surface area contributed by atoms with Crippen LogP contribution in [0, 0.1) is 0 Å². The molecular formula is C6H16N2O. The van der Waals surface area contributed by atoms with Gasteiger partial charge in [-0.3, -0.25) is 0 Å². The molecule has 0 spiro atoms. The van der Waals surface area contributed by atoms with Gasteiger partial charge in [-0.25, -0.2) is 0 Å². The second-order valence-corrected chi connectivity index (χ2v) is 2.05. The molecule has 1 aliphatic heterocycles. The molecule has 2 N–H and O–H groups in total. The van der Waals surface area contributed by atoms with Crippen LogP contribution in [-0.2, 0) is 0 Å². The van der Waals surface area contributed by atoms with E-state index in [2.05, 4.69) is 17.3 Å². The van der Waals surface area contributed by atoms with Crippen molar-refractivity contribution < 1.29 is 5.11 Å². The number of likely N-dealkylation sites (N-methyl/N-ethyl adjacent to an activating group) is 1. The van der Waals surface area contributed by atoms with Gasteiger partial charge in [0.2, 0.25) is 0 Å². The highest BCUT2D eigenvalue weighted by Crippen LogP contribution is 1.82. The van der Waals surface area contributed by atoms with Crippen LogP contribution in [0.15, 0.2) is 0 Å². The maximum absolute atomic E-state index is 7.00. The highest BCUT2D eigenvalue weighted by molar-refractivity contribution is 4.62. The summed E-state index contributed by atoms with van der Waals surface area (Å²) >= 11 is 0. The fraction of sp³-hybridized carbons (Fsp3) is 1.00. The molecule has 0 bridgehead atoms. The summed E-state index contributed by atoms with van der Waals surface area (Å²) in [7, 11) is 3.15. The molecule has 9 heavy (non-hydrogen) atoms. The van der Waals surface area contributed by atoms with Crippen molar-refractivity contribution in [1.29, 1.82) is 0 Å². The Balaban J connectivity index is 0.000000291. The summed E-state index contributed by atoms with van der Waals surface area (Å²) in [5.41, 5.74) is 0. The van der Waals surface area contributed by atoms with Crippen LogP contribution in [0.25, 0.3) is 0 Å². The van der Waals surface area contributed by atoms with Gasteiger partial charge in [-0.2, -0.15) is 0 Å². The molecule has 0 aliphatic carbocycles. The lowest BCUT2D eigenvalue weighted by Crippen LogP contribution is -2.40. The second-order valence-electron chi connectivity index (χ2n) is 2.05. The Morgan fingerprint density at radius 1 is 1.22 bits per heavy atom. The maximum Gasteiger partial charge on any atom is 0.0319 e. The standard InChI is InChI=1S/C5H12N2.CH4O/c1-7-4-2-6-3-5-7;1-2/h6H,2-5H2,1H3;2H,1H3. The molecule has 56 valence electrons. The van der Waals surface area contributed by atoms with Crippen LogP contribution in [0.5, 0.6) is 0 Å². The topological polar surface area (TPSA) is 35.5 Å². The third-order valence-electron chi connectivity index (χ3n) is 1.34. The first kappa shape index (κ1) is 8.88. The van der Waals surface area contributed by atoms with Crippen molar-refractivity contribution in [2.45, 2.75) is 0 Å². The van der Waals surface area contributed by atoms with Crippen molar-refractivity contribution in [3.8, 4) is 0 Å². The van der Waals surface area contributed by atoms with Crippen molar-refractivity contribution >= 4 is 0 Å². The van der Waals surface area contributed by atoms with E-state index in [1.807, 2.05) is 0 Å².